The van der Waals surface area contributed by atoms with Gasteiger partial charge in [-0.05, 0) is 36.9 Å². The minimum atomic E-state index is -1.25. The summed E-state index contributed by atoms with van der Waals surface area (Å²) in [5.41, 5.74) is 3.24. The van der Waals surface area contributed by atoms with Crippen LogP contribution in [-0.4, -0.2) is 116 Å². The summed E-state index contributed by atoms with van der Waals surface area (Å²) in [6, 6.07) is 18.9. The molecule has 7 rings (SSSR count). The molecule has 15 heteroatoms. The predicted octanol–water partition coefficient (Wildman–Crippen LogP) is 0.454. The average molecular weight is 685 g/mol. The smallest absolute Gasteiger partial charge is 0.315 e. The highest BCUT2D eigenvalue weighted by Gasteiger charge is 2.44. The van der Waals surface area contributed by atoms with Gasteiger partial charge in [-0.25, -0.2) is 9.78 Å². The molecule has 4 heterocycles. The number of nitrogens with zero attached hydrogens (tertiary/aromatic N) is 5. The zero-order valence-corrected chi connectivity index (χ0v) is 27.7. The van der Waals surface area contributed by atoms with E-state index in [9.17, 15) is 24.9 Å². The van der Waals surface area contributed by atoms with Gasteiger partial charge in [-0.15, -0.1) is 0 Å². The number of imidazole rings is 1. The summed E-state index contributed by atoms with van der Waals surface area (Å²) < 4.78 is 1.73. The molecular weight excluding hydrogens is 640 g/mol. The second-order valence-corrected chi connectivity index (χ2v) is 13.3. The molecule has 4 aromatic rings. The summed E-state index contributed by atoms with van der Waals surface area (Å²) in [4.78, 5) is 41.3. The van der Waals surface area contributed by atoms with Crippen molar-refractivity contribution in [1.29, 1.82) is 0 Å². The molecule has 1 saturated carbocycles. The quantitative estimate of drug-likeness (QED) is 0.109. The number of hydrogen-bond donors (Lipinski definition) is 8. The van der Waals surface area contributed by atoms with Crippen LogP contribution in [0.2, 0.25) is 0 Å². The highest BCUT2D eigenvalue weighted by Crippen LogP contribution is 2.35. The van der Waals surface area contributed by atoms with E-state index in [1.54, 1.807) is 10.9 Å². The van der Waals surface area contributed by atoms with Crippen molar-refractivity contribution in [3.05, 3.63) is 78.1 Å². The third-order valence-electron chi connectivity index (χ3n) is 9.99. The molecule has 50 heavy (non-hydrogen) atoms. The molecule has 264 valence electrons. The van der Waals surface area contributed by atoms with Crippen molar-refractivity contribution in [1.82, 2.24) is 40.8 Å². The normalized spacial score (nSPS) is 24.9. The zero-order chi connectivity index (χ0) is 34.6. The standard InChI is InChI=1S/C35H44N10O5/c46-19-28(47)41-26-15-27(31(49)30(26)48)45-20-38-29-32(37-17-25(21-7-3-1-4-8-21)22-9-5-2-6-10-22)42-34(43-33(29)45)44-14-12-24(18-44)40-35(50)39-23-11-13-36-16-23/h1-10,20,23-27,30-31,36,46,48-49H,11-19H2,(H,41,47)(H,37,42,43)(H2,39,40,50)/t23-,24-,26+,27-,30-,31+/m1/s1. The molecule has 0 bridgehead atoms. The van der Waals surface area contributed by atoms with Crippen LogP contribution in [0.3, 0.4) is 0 Å². The lowest BCUT2D eigenvalue weighted by molar-refractivity contribution is -0.125. The van der Waals surface area contributed by atoms with Gasteiger partial charge in [0, 0.05) is 44.2 Å². The van der Waals surface area contributed by atoms with Gasteiger partial charge in [0.15, 0.2) is 17.0 Å². The van der Waals surface area contributed by atoms with Crippen molar-refractivity contribution in [3.63, 3.8) is 0 Å². The Kier molecular flexibility index (Phi) is 10.1. The van der Waals surface area contributed by atoms with E-state index in [0.717, 1.165) is 30.6 Å². The number of anilines is 2. The van der Waals surface area contributed by atoms with Crippen LogP contribution < -0.4 is 31.5 Å². The van der Waals surface area contributed by atoms with Gasteiger partial charge in [-0.1, -0.05) is 60.7 Å². The minimum absolute atomic E-state index is 0.00425. The summed E-state index contributed by atoms with van der Waals surface area (Å²) >= 11 is 0. The first-order valence-corrected chi connectivity index (χ1v) is 17.2. The van der Waals surface area contributed by atoms with Crippen LogP contribution in [0.5, 0.6) is 0 Å². The summed E-state index contributed by atoms with van der Waals surface area (Å²) in [5, 5.41) is 46.7. The van der Waals surface area contributed by atoms with E-state index in [1.165, 1.54) is 0 Å². The second kappa shape index (κ2) is 15.0. The van der Waals surface area contributed by atoms with Crippen molar-refractivity contribution in [3.8, 4) is 0 Å². The van der Waals surface area contributed by atoms with E-state index < -0.39 is 36.8 Å². The van der Waals surface area contributed by atoms with Crippen LogP contribution in [0.15, 0.2) is 67.0 Å². The average Bonchev–Trinajstić information content (AvgIpc) is 3.95. The first-order chi connectivity index (χ1) is 24.4. The van der Waals surface area contributed by atoms with Gasteiger partial charge in [0.1, 0.15) is 18.8 Å². The molecule has 6 atom stereocenters. The zero-order valence-electron chi connectivity index (χ0n) is 27.7. The van der Waals surface area contributed by atoms with Gasteiger partial charge < -0.3 is 51.4 Å². The monoisotopic (exact) mass is 684 g/mol. The molecular formula is C35H44N10O5. The number of carbonyl (C=O) groups is 2. The van der Waals surface area contributed by atoms with E-state index in [-0.39, 0.29) is 30.5 Å². The van der Waals surface area contributed by atoms with Crippen molar-refractivity contribution < 1.29 is 24.9 Å². The Balaban J connectivity index is 1.18. The number of urea groups is 1. The summed E-state index contributed by atoms with van der Waals surface area (Å²) in [5.74, 6) is 0.331. The lowest BCUT2D eigenvalue weighted by Gasteiger charge is -2.22. The highest BCUT2D eigenvalue weighted by molar-refractivity contribution is 5.85. The summed E-state index contributed by atoms with van der Waals surface area (Å²) in [7, 11) is 0. The predicted molar refractivity (Wildman–Crippen MR) is 187 cm³/mol. The fourth-order valence-electron chi connectivity index (χ4n) is 7.34. The lowest BCUT2D eigenvalue weighted by atomic mass is 9.91. The molecule has 0 unspecified atom stereocenters. The SMILES string of the molecule is O=C(CO)N[C@H]1C[C@@H](n2cnc3c(NCC(c4ccccc4)c4ccccc4)nc(N4CC[C@@H](NC(=O)N[C@@H]5CCNC5)C4)nc32)[C@H](O)[C@@H]1O. The van der Waals surface area contributed by atoms with Gasteiger partial charge in [0.2, 0.25) is 11.9 Å². The summed E-state index contributed by atoms with van der Waals surface area (Å²) in [6.07, 6.45) is 0.921. The topological polar surface area (TPSA) is 202 Å². The maximum Gasteiger partial charge on any atom is 0.315 e. The highest BCUT2D eigenvalue weighted by atomic mass is 16.3. The number of amides is 3. The molecule has 0 spiro atoms. The number of fused-ring (bicyclic) bond motifs is 1. The second-order valence-electron chi connectivity index (χ2n) is 13.3. The molecule has 2 aliphatic heterocycles. The number of nitrogens with one attached hydrogen (secondary N) is 5. The Morgan fingerprint density at radius 2 is 1.64 bits per heavy atom. The molecule has 0 radical (unpaired) electrons. The van der Waals surface area contributed by atoms with Crippen molar-refractivity contribution >= 4 is 34.9 Å². The number of benzene rings is 2. The molecule has 3 aliphatic rings. The molecule has 15 nitrogen and oxygen atoms in total. The van der Waals surface area contributed by atoms with Crippen LogP contribution in [0.25, 0.3) is 11.2 Å². The molecule has 8 N–H and O–H groups in total. The Morgan fingerprint density at radius 3 is 2.32 bits per heavy atom. The van der Waals surface area contributed by atoms with Crippen LogP contribution in [0.4, 0.5) is 16.6 Å². The van der Waals surface area contributed by atoms with Crippen molar-refractivity contribution in [2.75, 3.05) is 49.5 Å². The number of aliphatic hydroxyl groups excluding tert-OH is 3. The van der Waals surface area contributed by atoms with Gasteiger partial charge in [0.25, 0.3) is 0 Å². The fraction of sp³-hybridized carbons (Fsp3) is 0.457. The lowest BCUT2D eigenvalue weighted by Crippen LogP contribution is -2.47. The van der Waals surface area contributed by atoms with E-state index in [4.69, 9.17) is 9.97 Å². The van der Waals surface area contributed by atoms with Gasteiger partial charge in [-0.3, -0.25) is 4.79 Å². The molecule has 1 aliphatic carbocycles. The Hall–Kier alpha value is -4.83. The molecule has 2 aromatic carbocycles. The van der Waals surface area contributed by atoms with E-state index >= 15 is 0 Å². The Morgan fingerprint density at radius 1 is 0.920 bits per heavy atom. The maximum atomic E-state index is 12.7. The number of aliphatic hydroxyl groups is 3. The molecule has 2 saturated heterocycles. The van der Waals surface area contributed by atoms with Crippen LogP contribution in [0.1, 0.15) is 42.3 Å². The first-order valence-electron chi connectivity index (χ1n) is 17.2. The number of carbonyl (C=O) groups excluding carboxylic acids is 2. The van der Waals surface area contributed by atoms with Gasteiger partial charge in [0.05, 0.1) is 18.4 Å². The van der Waals surface area contributed by atoms with E-state index in [1.807, 2.05) is 41.3 Å². The third kappa shape index (κ3) is 7.21. The van der Waals surface area contributed by atoms with Crippen LogP contribution in [0, 0.1) is 0 Å². The molecule has 3 amide bonds. The number of hydrogen-bond acceptors (Lipinski definition) is 11. The van der Waals surface area contributed by atoms with Gasteiger partial charge >= 0.3 is 6.03 Å². The number of aromatic nitrogens is 4. The van der Waals surface area contributed by atoms with Crippen molar-refractivity contribution in [2.24, 2.45) is 0 Å². The van der Waals surface area contributed by atoms with Crippen molar-refractivity contribution in [2.45, 2.75) is 61.6 Å². The third-order valence-corrected chi connectivity index (χ3v) is 9.99. The van der Waals surface area contributed by atoms with Crippen LogP contribution in [-0.2, 0) is 4.79 Å². The Labute approximate surface area is 289 Å². The summed E-state index contributed by atoms with van der Waals surface area (Å²) in [6.45, 7) is 2.56. The first kappa shape index (κ1) is 33.7. The minimum Gasteiger partial charge on any atom is -0.388 e. The number of rotatable bonds is 11. The maximum absolute atomic E-state index is 12.7. The van der Waals surface area contributed by atoms with E-state index in [0.29, 0.717) is 49.0 Å². The Bertz CT molecular complexity index is 1730. The van der Waals surface area contributed by atoms with E-state index in [2.05, 4.69) is 55.8 Å². The van der Waals surface area contributed by atoms with Gasteiger partial charge in [-0.2, -0.15) is 9.97 Å². The largest absolute Gasteiger partial charge is 0.388 e. The molecule has 2 aromatic heterocycles. The fourth-order valence-corrected chi connectivity index (χ4v) is 7.34. The molecule has 3 fully saturated rings. The van der Waals surface area contributed by atoms with Crippen LogP contribution >= 0.6 is 0 Å².